The summed E-state index contributed by atoms with van der Waals surface area (Å²) >= 11 is 0. The van der Waals surface area contributed by atoms with Crippen molar-refractivity contribution in [1.82, 2.24) is 4.72 Å². The summed E-state index contributed by atoms with van der Waals surface area (Å²) in [4.78, 5) is -0.0516. The van der Waals surface area contributed by atoms with Crippen LogP contribution in [0, 0.1) is 12.7 Å². The average molecular weight is 303 g/mol. The van der Waals surface area contributed by atoms with Gasteiger partial charge >= 0.3 is 0 Å². The summed E-state index contributed by atoms with van der Waals surface area (Å²) in [5.41, 5.74) is 4.57. The molecule has 1 rings (SSSR count). The number of nitrogens with two attached hydrogens (primary N) is 1. The molecule has 0 aliphatic carbocycles. The Morgan fingerprint density at radius 2 is 2.15 bits per heavy atom. The average Bonchev–Trinajstić information content (AvgIpc) is 2.36. The van der Waals surface area contributed by atoms with Crippen molar-refractivity contribution in [3.8, 4) is 0 Å². The number of hydrogen-bond acceptors (Lipinski definition) is 4. The third-order valence-electron chi connectivity index (χ3n) is 3.17. The van der Waals surface area contributed by atoms with Crippen molar-refractivity contribution in [2.24, 2.45) is 10.9 Å². The lowest BCUT2D eigenvalue weighted by Gasteiger charge is -2.27. The van der Waals surface area contributed by atoms with E-state index < -0.39 is 21.4 Å². The first-order valence-corrected chi connectivity index (χ1v) is 7.42. The number of hydrogen-bond donors (Lipinski definition) is 3. The van der Waals surface area contributed by atoms with Gasteiger partial charge in [0, 0.05) is 0 Å². The molecule has 0 saturated carbocycles. The minimum absolute atomic E-state index is 0.0516. The molecule has 1 unspecified atom stereocenters. The van der Waals surface area contributed by atoms with Gasteiger partial charge in [0.05, 0.1) is 10.4 Å². The molecule has 1 atom stereocenters. The topological polar surface area (TPSA) is 105 Å². The Morgan fingerprint density at radius 3 is 2.60 bits per heavy atom. The van der Waals surface area contributed by atoms with Crippen LogP contribution in [0.4, 0.5) is 4.39 Å². The summed E-state index contributed by atoms with van der Waals surface area (Å²) in [7, 11) is -3.92. The number of oxime groups is 1. The van der Waals surface area contributed by atoms with Gasteiger partial charge in [0.2, 0.25) is 10.0 Å². The molecule has 1 aromatic carbocycles. The maximum atomic E-state index is 13.0. The first-order valence-electron chi connectivity index (χ1n) is 5.94. The summed E-state index contributed by atoms with van der Waals surface area (Å²) in [6.45, 7) is 4.68. The zero-order chi connectivity index (χ0) is 15.6. The van der Waals surface area contributed by atoms with E-state index in [-0.39, 0.29) is 22.7 Å². The van der Waals surface area contributed by atoms with Crippen molar-refractivity contribution in [3.63, 3.8) is 0 Å². The van der Waals surface area contributed by atoms with Gasteiger partial charge in [0.15, 0.2) is 5.84 Å². The summed E-state index contributed by atoms with van der Waals surface area (Å²) in [5, 5.41) is 11.6. The highest BCUT2D eigenvalue weighted by molar-refractivity contribution is 7.89. The lowest BCUT2D eigenvalue weighted by Crippen LogP contribution is -2.54. The molecule has 0 amide bonds. The van der Waals surface area contributed by atoms with Gasteiger partial charge in [-0.15, -0.1) is 0 Å². The van der Waals surface area contributed by atoms with Crippen LogP contribution < -0.4 is 10.5 Å². The number of amidine groups is 1. The number of rotatable bonds is 5. The fraction of sp³-hybridized carbons (Fsp3) is 0.417. The van der Waals surface area contributed by atoms with Gasteiger partial charge < -0.3 is 10.9 Å². The molecule has 8 heteroatoms. The number of benzene rings is 1. The molecule has 0 aliphatic heterocycles. The Morgan fingerprint density at radius 1 is 1.55 bits per heavy atom. The molecule has 6 nitrogen and oxygen atoms in total. The predicted molar refractivity (Wildman–Crippen MR) is 73.6 cm³/mol. The van der Waals surface area contributed by atoms with Crippen LogP contribution in [-0.2, 0) is 10.0 Å². The van der Waals surface area contributed by atoms with Gasteiger partial charge in [0.25, 0.3) is 0 Å². The monoisotopic (exact) mass is 303 g/mol. The van der Waals surface area contributed by atoms with Crippen LogP contribution in [0.3, 0.4) is 0 Å². The van der Waals surface area contributed by atoms with Gasteiger partial charge in [-0.05, 0) is 44.0 Å². The molecule has 0 radical (unpaired) electrons. The largest absolute Gasteiger partial charge is 0.409 e. The van der Waals surface area contributed by atoms with E-state index in [4.69, 9.17) is 10.9 Å². The number of halogens is 1. The van der Waals surface area contributed by atoms with Crippen molar-refractivity contribution in [2.45, 2.75) is 37.6 Å². The van der Waals surface area contributed by atoms with Gasteiger partial charge in [-0.25, -0.2) is 12.8 Å². The zero-order valence-electron chi connectivity index (χ0n) is 11.5. The molecule has 0 bridgehead atoms. The maximum absolute atomic E-state index is 13.0. The molecule has 0 heterocycles. The molecule has 4 N–H and O–H groups in total. The summed E-state index contributed by atoms with van der Waals surface area (Å²) in [6, 6.07) is 3.37. The van der Waals surface area contributed by atoms with Crippen LogP contribution in [0.1, 0.15) is 25.8 Å². The van der Waals surface area contributed by atoms with E-state index in [1.807, 2.05) is 0 Å². The van der Waals surface area contributed by atoms with Crippen molar-refractivity contribution >= 4 is 15.9 Å². The second-order valence-electron chi connectivity index (χ2n) is 4.69. The highest BCUT2D eigenvalue weighted by atomic mass is 32.2. The SMILES string of the molecule is CCC(C)(NS(=O)(=O)c1ccc(F)cc1C)/C(N)=N/O. The molecule has 1 aromatic rings. The van der Waals surface area contributed by atoms with Crippen LogP contribution in [0.2, 0.25) is 0 Å². The van der Waals surface area contributed by atoms with Crippen molar-refractivity contribution in [2.75, 3.05) is 0 Å². The molecular formula is C12H18FN3O3S. The van der Waals surface area contributed by atoms with Crippen molar-refractivity contribution < 1.29 is 18.0 Å². The first kappa shape index (κ1) is 16.4. The Labute approximate surface area is 117 Å². The molecule has 0 fully saturated rings. The van der Waals surface area contributed by atoms with E-state index in [9.17, 15) is 12.8 Å². The van der Waals surface area contributed by atoms with Gasteiger partial charge in [-0.2, -0.15) is 4.72 Å². The third kappa shape index (κ3) is 3.26. The number of nitrogens with zero attached hydrogens (tertiary/aromatic N) is 1. The number of nitrogens with one attached hydrogen (secondary N) is 1. The van der Waals surface area contributed by atoms with E-state index in [0.717, 1.165) is 12.1 Å². The minimum Gasteiger partial charge on any atom is -0.409 e. The van der Waals surface area contributed by atoms with E-state index in [1.165, 1.54) is 19.9 Å². The minimum atomic E-state index is -3.92. The molecule has 0 saturated heterocycles. The summed E-state index contributed by atoms with van der Waals surface area (Å²) in [6.07, 6.45) is 0.280. The summed E-state index contributed by atoms with van der Waals surface area (Å²) in [5.74, 6) is -0.764. The molecule has 0 spiro atoms. The second kappa shape index (κ2) is 5.76. The van der Waals surface area contributed by atoms with Crippen LogP contribution in [0.25, 0.3) is 0 Å². The maximum Gasteiger partial charge on any atom is 0.241 e. The Kier molecular flexibility index (Phi) is 4.72. The van der Waals surface area contributed by atoms with Gasteiger partial charge in [0.1, 0.15) is 5.82 Å². The fourth-order valence-corrected chi connectivity index (χ4v) is 3.36. The number of aryl methyl sites for hydroxylation is 1. The van der Waals surface area contributed by atoms with Crippen LogP contribution in [0.15, 0.2) is 28.3 Å². The number of sulfonamides is 1. The molecule has 112 valence electrons. The Hall–Kier alpha value is -1.67. The van der Waals surface area contributed by atoms with Gasteiger partial charge in [-0.3, -0.25) is 0 Å². The lowest BCUT2D eigenvalue weighted by atomic mass is 10.00. The highest BCUT2D eigenvalue weighted by Gasteiger charge is 2.34. The highest BCUT2D eigenvalue weighted by Crippen LogP contribution is 2.20. The first-order chi connectivity index (χ1) is 9.16. The lowest BCUT2D eigenvalue weighted by molar-refractivity contribution is 0.310. The van der Waals surface area contributed by atoms with E-state index in [1.54, 1.807) is 6.92 Å². The Bertz CT molecular complexity index is 631. The standard InChI is InChI=1S/C12H18FN3O3S/c1-4-12(3,11(14)15-17)16-20(18,19)10-6-5-9(13)7-8(10)2/h5-7,16-17H,4H2,1-3H3,(H2,14,15). The van der Waals surface area contributed by atoms with E-state index in [0.29, 0.717) is 0 Å². The van der Waals surface area contributed by atoms with Crippen LogP contribution >= 0.6 is 0 Å². The predicted octanol–water partition coefficient (Wildman–Crippen LogP) is 1.33. The Balaban J connectivity index is 3.24. The second-order valence-corrected chi connectivity index (χ2v) is 6.34. The van der Waals surface area contributed by atoms with E-state index in [2.05, 4.69) is 9.88 Å². The smallest absolute Gasteiger partial charge is 0.241 e. The van der Waals surface area contributed by atoms with Crippen molar-refractivity contribution in [1.29, 1.82) is 0 Å². The normalized spacial score (nSPS) is 15.9. The molecule has 0 aromatic heterocycles. The van der Waals surface area contributed by atoms with Gasteiger partial charge in [-0.1, -0.05) is 12.1 Å². The molecule has 0 aliphatic rings. The molecule has 20 heavy (non-hydrogen) atoms. The third-order valence-corrected chi connectivity index (χ3v) is 4.92. The quantitative estimate of drug-likeness (QED) is 0.330. The van der Waals surface area contributed by atoms with Crippen LogP contribution in [-0.4, -0.2) is 25.0 Å². The fourth-order valence-electron chi connectivity index (χ4n) is 1.68. The van der Waals surface area contributed by atoms with Crippen LogP contribution in [0.5, 0.6) is 0 Å². The van der Waals surface area contributed by atoms with E-state index >= 15 is 0 Å². The molecular weight excluding hydrogens is 285 g/mol. The van der Waals surface area contributed by atoms with Crippen molar-refractivity contribution in [3.05, 3.63) is 29.6 Å². The zero-order valence-corrected chi connectivity index (χ0v) is 12.3. The summed E-state index contributed by atoms with van der Waals surface area (Å²) < 4.78 is 40.1.